The van der Waals surface area contributed by atoms with Gasteiger partial charge >= 0.3 is 0 Å². The van der Waals surface area contributed by atoms with Crippen molar-refractivity contribution in [1.29, 1.82) is 0 Å². The standard InChI is InChI=1S/C67H46N2/c1-45-18-13-23-50(42-45)54-31-15-20-47-21-16-34-61(67(47)54)59-29-8-11-36-64(59)69(63-35-10-7-28-58(63)56-33-17-32-55-53-27-6-5-19-46(53)38-40-57(55)56)52-26-14-22-48(43-52)49-39-41-66-62(44-49)60-30-9-12-37-65(60)68(66)51-24-3-2-4-25-51/h2-44H,1H3. The number of fused-ring (bicyclic) bond motifs is 7. The van der Waals surface area contributed by atoms with Gasteiger partial charge in [0.05, 0.1) is 22.4 Å². The SMILES string of the molecule is Cc1cccc(-c2cccc3cccc(-c4ccccc4N(c4cccc(-c5ccc6c(c5)c5ccccc5n6-c5ccccc5)c4)c4ccccc4-c4cccc5c4ccc4ccccc45)c23)c1. The summed E-state index contributed by atoms with van der Waals surface area (Å²) in [5.41, 5.74) is 17.5. The van der Waals surface area contributed by atoms with Gasteiger partial charge in [0, 0.05) is 33.3 Å². The highest BCUT2D eigenvalue weighted by Gasteiger charge is 2.24. The van der Waals surface area contributed by atoms with Gasteiger partial charge in [0.15, 0.2) is 0 Å². The van der Waals surface area contributed by atoms with Crippen molar-refractivity contribution >= 4 is 71.2 Å². The smallest absolute Gasteiger partial charge is 0.0541 e. The first kappa shape index (κ1) is 40.3. The third-order valence-electron chi connectivity index (χ3n) is 14.0. The molecule has 2 nitrogen and oxygen atoms in total. The van der Waals surface area contributed by atoms with E-state index in [0.29, 0.717) is 0 Å². The minimum atomic E-state index is 1.07. The number of anilines is 3. The average Bonchev–Trinajstić information content (AvgIpc) is 3.75. The number of hydrogen-bond acceptors (Lipinski definition) is 1. The summed E-state index contributed by atoms with van der Waals surface area (Å²) in [6, 6.07) is 95.9. The van der Waals surface area contributed by atoms with Gasteiger partial charge in [-0.05, 0) is 127 Å². The molecule has 0 aliphatic heterocycles. The van der Waals surface area contributed by atoms with Crippen molar-refractivity contribution in [2.75, 3.05) is 4.90 Å². The van der Waals surface area contributed by atoms with Gasteiger partial charge in [0.2, 0.25) is 0 Å². The lowest BCUT2D eigenvalue weighted by Crippen LogP contribution is -2.12. The van der Waals surface area contributed by atoms with Crippen LogP contribution < -0.4 is 4.90 Å². The fraction of sp³-hybridized carbons (Fsp3) is 0.0149. The fourth-order valence-electron chi connectivity index (χ4n) is 10.9. The monoisotopic (exact) mass is 878 g/mol. The minimum Gasteiger partial charge on any atom is -0.309 e. The lowest BCUT2D eigenvalue weighted by atomic mass is 9.89. The highest BCUT2D eigenvalue weighted by molar-refractivity contribution is 6.15. The Kier molecular flexibility index (Phi) is 9.77. The molecule has 13 aromatic rings. The highest BCUT2D eigenvalue weighted by Crippen LogP contribution is 2.49. The van der Waals surface area contributed by atoms with Crippen LogP contribution in [0.2, 0.25) is 0 Å². The van der Waals surface area contributed by atoms with E-state index in [-0.39, 0.29) is 0 Å². The fourth-order valence-corrected chi connectivity index (χ4v) is 10.9. The summed E-state index contributed by atoms with van der Waals surface area (Å²) in [7, 11) is 0. The van der Waals surface area contributed by atoms with Crippen LogP contribution in [-0.2, 0) is 0 Å². The van der Waals surface area contributed by atoms with E-state index in [2.05, 4.69) is 277 Å². The van der Waals surface area contributed by atoms with Gasteiger partial charge in [-0.1, -0.05) is 212 Å². The Balaban J connectivity index is 1.05. The first-order chi connectivity index (χ1) is 34.2. The number of aromatic nitrogens is 1. The molecular weight excluding hydrogens is 833 g/mol. The highest BCUT2D eigenvalue weighted by atomic mass is 15.1. The molecule has 2 heteroatoms. The summed E-state index contributed by atoms with van der Waals surface area (Å²) in [4.78, 5) is 2.50. The summed E-state index contributed by atoms with van der Waals surface area (Å²) in [5, 5.41) is 9.89. The quantitative estimate of drug-likeness (QED) is 0.138. The number of benzene rings is 12. The zero-order valence-corrected chi connectivity index (χ0v) is 38.2. The molecule has 12 aromatic carbocycles. The lowest BCUT2D eigenvalue weighted by Gasteiger charge is -2.31. The maximum atomic E-state index is 2.50. The maximum Gasteiger partial charge on any atom is 0.0541 e. The van der Waals surface area contributed by atoms with Crippen LogP contribution in [0.1, 0.15) is 5.56 Å². The van der Waals surface area contributed by atoms with E-state index in [9.17, 15) is 0 Å². The second kappa shape index (κ2) is 16.7. The van der Waals surface area contributed by atoms with Crippen molar-refractivity contribution < 1.29 is 0 Å². The molecule has 1 heterocycles. The van der Waals surface area contributed by atoms with Crippen LogP contribution in [-0.4, -0.2) is 4.57 Å². The zero-order valence-electron chi connectivity index (χ0n) is 38.2. The van der Waals surface area contributed by atoms with Crippen LogP contribution in [0.5, 0.6) is 0 Å². The predicted octanol–water partition coefficient (Wildman–Crippen LogP) is 18.7. The normalized spacial score (nSPS) is 11.6. The summed E-state index contributed by atoms with van der Waals surface area (Å²) in [6.45, 7) is 2.17. The van der Waals surface area contributed by atoms with Crippen LogP contribution in [0.25, 0.3) is 104 Å². The molecular formula is C67H46N2. The molecule has 0 saturated carbocycles. The molecule has 69 heavy (non-hydrogen) atoms. The zero-order chi connectivity index (χ0) is 45.8. The van der Waals surface area contributed by atoms with Gasteiger partial charge in [-0.25, -0.2) is 0 Å². The third kappa shape index (κ3) is 6.88. The van der Waals surface area contributed by atoms with Crippen LogP contribution in [0.3, 0.4) is 0 Å². The van der Waals surface area contributed by atoms with E-state index in [0.717, 1.165) is 39.4 Å². The molecule has 0 saturated heterocycles. The Hall–Kier alpha value is -8.98. The second-order valence-electron chi connectivity index (χ2n) is 18.1. The van der Waals surface area contributed by atoms with Gasteiger partial charge in [-0.15, -0.1) is 0 Å². The third-order valence-corrected chi connectivity index (χ3v) is 14.0. The summed E-state index contributed by atoms with van der Waals surface area (Å²) in [6.07, 6.45) is 0. The molecule has 0 unspecified atom stereocenters. The van der Waals surface area contributed by atoms with E-state index in [1.807, 2.05) is 0 Å². The lowest BCUT2D eigenvalue weighted by molar-refractivity contribution is 1.18. The van der Waals surface area contributed by atoms with Crippen molar-refractivity contribution in [2.24, 2.45) is 0 Å². The first-order valence-corrected chi connectivity index (χ1v) is 23.8. The van der Waals surface area contributed by atoms with Crippen molar-refractivity contribution in [3.05, 3.63) is 266 Å². The van der Waals surface area contributed by atoms with E-state index in [1.54, 1.807) is 0 Å². The second-order valence-corrected chi connectivity index (χ2v) is 18.1. The summed E-state index contributed by atoms with van der Waals surface area (Å²) >= 11 is 0. The van der Waals surface area contributed by atoms with Crippen molar-refractivity contribution in [3.63, 3.8) is 0 Å². The van der Waals surface area contributed by atoms with Gasteiger partial charge in [-0.3, -0.25) is 0 Å². The van der Waals surface area contributed by atoms with Crippen molar-refractivity contribution in [2.45, 2.75) is 6.92 Å². The van der Waals surface area contributed by atoms with E-state index in [4.69, 9.17) is 0 Å². The first-order valence-electron chi connectivity index (χ1n) is 23.8. The largest absolute Gasteiger partial charge is 0.309 e. The molecule has 0 spiro atoms. The van der Waals surface area contributed by atoms with Crippen molar-refractivity contribution in [1.82, 2.24) is 4.57 Å². The Morgan fingerprint density at radius 3 is 1.71 bits per heavy atom. The number of para-hydroxylation sites is 4. The molecule has 324 valence electrons. The molecule has 1 aromatic heterocycles. The number of aryl methyl sites for hydroxylation is 1. The number of hydrogen-bond donors (Lipinski definition) is 0. The minimum absolute atomic E-state index is 1.07. The van der Waals surface area contributed by atoms with Gasteiger partial charge in [-0.2, -0.15) is 0 Å². The van der Waals surface area contributed by atoms with Crippen LogP contribution in [0, 0.1) is 6.92 Å². The van der Waals surface area contributed by atoms with Gasteiger partial charge in [0.1, 0.15) is 0 Å². The summed E-state index contributed by atoms with van der Waals surface area (Å²) in [5.74, 6) is 0. The Labute approximate surface area is 402 Å². The van der Waals surface area contributed by atoms with E-state index < -0.39 is 0 Å². The van der Waals surface area contributed by atoms with Crippen LogP contribution in [0.15, 0.2) is 261 Å². The molecule has 0 atom stereocenters. The number of nitrogens with zero attached hydrogens (tertiary/aromatic N) is 2. The maximum absolute atomic E-state index is 2.50. The number of rotatable bonds is 8. The molecule has 13 rings (SSSR count). The van der Waals surface area contributed by atoms with E-state index >= 15 is 0 Å². The molecule has 0 N–H and O–H groups in total. The molecule has 0 amide bonds. The molecule has 0 aliphatic rings. The molecule has 0 fully saturated rings. The Morgan fingerprint density at radius 1 is 0.304 bits per heavy atom. The van der Waals surface area contributed by atoms with Gasteiger partial charge in [0.25, 0.3) is 0 Å². The van der Waals surface area contributed by atoms with Crippen LogP contribution >= 0.6 is 0 Å². The molecule has 0 radical (unpaired) electrons. The molecule has 0 bridgehead atoms. The predicted molar refractivity (Wildman–Crippen MR) is 294 cm³/mol. The van der Waals surface area contributed by atoms with Gasteiger partial charge < -0.3 is 9.47 Å². The average molecular weight is 879 g/mol. The van der Waals surface area contributed by atoms with E-state index in [1.165, 1.54) is 87.5 Å². The Morgan fingerprint density at radius 2 is 0.884 bits per heavy atom. The summed E-state index contributed by atoms with van der Waals surface area (Å²) < 4.78 is 2.38. The Bertz CT molecular complexity index is 4100. The topological polar surface area (TPSA) is 8.17 Å². The van der Waals surface area contributed by atoms with Crippen molar-refractivity contribution in [3.8, 4) is 50.2 Å². The van der Waals surface area contributed by atoms with Crippen LogP contribution in [0.4, 0.5) is 17.1 Å². The molecule has 0 aliphatic carbocycles.